The number of aliphatic hydroxyl groups is 1. The van der Waals surface area contributed by atoms with Crippen LogP contribution in [0.3, 0.4) is 0 Å². The topological polar surface area (TPSA) is 55.5 Å². The summed E-state index contributed by atoms with van der Waals surface area (Å²) in [4.78, 5) is 0. The summed E-state index contributed by atoms with van der Waals surface area (Å²) in [6.45, 7) is 4.92. The number of unbranched alkanes of at least 4 members (excludes halogenated alkanes) is 2. The molecule has 0 radical (unpaired) electrons. The van der Waals surface area contributed by atoms with Gasteiger partial charge in [0.1, 0.15) is 0 Å². The Hall–Kier alpha value is -0.120. The molecule has 1 saturated carbocycles. The van der Waals surface area contributed by atoms with Crippen molar-refractivity contribution in [3.05, 3.63) is 0 Å². The van der Waals surface area contributed by atoms with Gasteiger partial charge in [0.05, 0.1) is 11.7 Å². The van der Waals surface area contributed by atoms with Gasteiger partial charge in [-0.1, -0.05) is 12.8 Å². The van der Waals surface area contributed by atoms with Gasteiger partial charge in [-0.25, -0.2) is 0 Å². The van der Waals surface area contributed by atoms with Crippen LogP contribution in [0.25, 0.3) is 0 Å². The number of aliphatic hydroxyl groups excluding tert-OH is 1. The monoisotopic (exact) mass is 243 g/mol. The van der Waals surface area contributed by atoms with E-state index in [2.05, 4.69) is 6.92 Å². The molecule has 1 fully saturated rings. The molecule has 0 aromatic carbocycles. The first-order chi connectivity index (χ1) is 8.02. The van der Waals surface area contributed by atoms with Gasteiger partial charge in [0.15, 0.2) is 0 Å². The molecule has 0 saturated heterocycles. The van der Waals surface area contributed by atoms with Crippen molar-refractivity contribution in [3.8, 4) is 0 Å². The van der Waals surface area contributed by atoms with E-state index in [-0.39, 0.29) is 11.7 Å². The first-order valence-electron chi connectivity index (χ1n) is 7.09. The molecule has 0 heterocycles. The second kappa shape index (κ2) is 7.34. The van der Waals surface area contributed by atoms with Crippen LogP contribution in [0.15, 0.2) is 0 Å². The van der Waals surface area contributed by atoms with Crippen LogP contribution in [0.4, 0.5) is 0 Å². The molecule has 1 aliphatic carbocycles. The largest absolute Gasteiger partial charge is 0.393 e. The first kappa shape index (κ1) is 14.9. The molecule has 0 aromatic rings. The van der Waals surface area contributed by atoms with Crippen LogP contribution >= 0.6 is 0 Å². The molecule has 1 atom stereocenters. The molecular formula is C14H29NO2. The van der Waals surface area contributed by atoms with Gasteiger partial charge in [0.25, 0.3) is 0 Å². The van der Waals surface area contributed by atoms with E-state index in [4.69, 9.17) is 15.6 Å². The molecule has 102 valence electrons. The van der Waals surface area contributed by atoms with Crippen LogP contribution in [-0.2, 0) is 4.74 Å². The lowest BCUT2D eigenvalue weighted by Crippen LogP contribution is -2.38. The molecule has 3 nitrogen and oxygen atoms in total. The molecule has 0 aliphatic heterocycles. The fourth-order valence-electron chi connectivity index (χ4n) is 2.43. The van der Waals surface area contributed by atoms with E-state index >= 15 is 0 Å². The summed E-state index contributed by atoms with van der Waals surface area (Å²) in [6, 6.07) is 0.387. The van der Waals surface area contributed by atoms with Crippen molar-refractivity contribution in [2.24, 2.45) is 5.73 Å². The predicted molar refractivity (Wildman–Crippen MR) is 70.9 cm³/mol. The van der Waals surface area contributed by atoms with E-state index in [0.717, 1.165) is 58.0 Å². The highest BCUT2D eigenvalue weighted by molar-refractivity contribution is 4.84. The third kappa shape index (κ3) is 6.39. The highest BCUT2D eigenvalue weighted by Gasteiger charge is 2.30. The maximum Gasteiger partial charge on any atom is 0.0655 e. The van der Waals surface area contributed by atoms with Gasteiger partial charge < -0.3 is 15.6 Å². The fraction of sp³-hybridized carbons (Fsp3) is 1.00. The maximum absolute atomic E-state index is 9.14. The second-order valence-corrected chi connectivity index (χ2v) is 5.83. The van der Waals surface area contributed by atoms with Crippen LogP contribution in [0, 0.1) is 0 Å². The van der Waals surface area contributed by atoms with Gasteiger partial charge in [-0.2, -0.15) is 0 Å². The zero-order chi connectivity index (χ0) is 12.7. The highest BCUT2D eigenvalue weighted by atomic mass is 16.5. The zero-order valence-electron chi connectivity index (χ0n) is 11.5. The van der Waals surface area contributed by atoms with E-state index in [1.54, 1.807) is 0 Å². The van der Waals surface area contributed by atoms with Crippen molar-refractivity contribution in [3.63, 3.8) is 0 Å². The summed E-state index contributed by atoms with van der Waals surface area (Å²) < 4.78 is 6.01. The summed E-state index contributed by atoms with van der Waals surface area (Å²) in [5.74, 6) is 0. The summed E-state index contributed by atoms with van der Waals surface area (Å²) in [7, 11) is 0. The average molecular weight is 243 g/mol. The predicted octanol–water partition coefficient (Wildman–Crippen LogP) is 2.60. The highest BCUT2D eigenvalue weighted by Crippen LogP contribution is 2.30. The minimum Gasteiger partial charge on any atom is -0.393 e. The molecule has 3 N–H and O–H groups in total. The van der Waals surface area contributed by atoms with Gasteiger partial charge in [-0.05, 0) is 52.4 Å². The average Bonchev–Trinajstić information content (AvgIpc) is 2.28. The van der Waals surface area contributed by atoms with E-state index in [1.807, 2.05) is 6.92 Å². The number of rotatable bonds is 7. The quantitative estimate of drug-likeness (QED) is 0.676. The Bertz CT molecular complexity index is 198. The molecule has 0 spiro atoms. The molecule has 1 aliphatic rings. The van der Waals surface area contributed by atoms with Crippen LogP contribution in [0.5, 0.6) is 0 Å². The van der Waals surface area contributed by atoms with E-state index in [0.29, 0.717) is 6.04 Å². The molecule has 0 amide bonds. The molecule has 0 aromatic heterocycles. The fourth-order valence-corrected chi connectivity index (χ4v) is 2.43. The van der Waals surface area contributed by atoms with Crippen molar-refractivity contribution >= 4 is 0 Å². The Balaban J connectivity index is 2.02. The smallest absolute Gasteiger partial charge is 0.0655 e. The van der Waals surface area contributed by atoms with Crippen molar-refractivity contribution in [2.45, 2.75) is 83.0 Å². The Labute approximate surface area is 106 Å². The molecule has 17 heavy (non-hydrogen) atoms. The lowest BCUT2D eigenvalue weighted by molar-refractivity contribution is -0.0601. The summed E-state index contributed by atoms with van der Waals surface area (Å²) in [5.41, 5.74) is 5.97. The molecule has 0 bridgehead atoms. The summed E-state index contributed by atoms with van der Waals surface area (Å²) in [6.07, 6.45) is 8.50. The Morgan fingerprint density at radius 3 is 2.53 bits per heavy atom. The standard InChI is InChI=1S/C14H29NO2/c1-12(16)6-4-3-5-11-17-14(2)9-7-13(15)8-10-14/h12-13,16H,3-11,15H2,1-2H3. The van der Waals surface area contributed by atoms with Crippen molar-refractivity contribution in [1.29, 1.82) is 0 Å². The van der Waals surface area contributed by atoms with Gasteiger partial charge in [-0.15, -0.1) is 0 Å². The van der Waals surface area contributed by atoms with Crippen molar-refractivity contribution < 1.29 is 9.84 Å². The molecular weight excluding hydrogens is 214 g/mol. The third-order valence-corrected chi connectivity index (χ3v) is 3.80. The Kier molecular flexibility index (Phi) is 6.45. The minimum absolute atomic E-state index is 0.0696. The maximum atomic E-state index is 9.14. The van der Waals surface area contributed by atoms with Crippen LogP contribution in [0.1, 0.15) is 65.2 Å². The number of ether oxygens (including phenoxy) is 1. The number of hydrogen-bond donors (Lipinski definition) is 2. The lowest BCUT2D eigenvalue weighted by Gasteiger charge is -2.36. The van der Waals surface area contributed by atoms with E-state index in [9.17, 15) is 0 Å². The van der Waals surface area contributed by atoms with E-state index in [1.165, 1.54) is 0 Å². The lowest BCUT2D eigenvalue weighted by atomic mass is 9.84. The Morgan fingerprint density at radius 1 is 1.29 bits per heavy atom. The first-order valence-corrected chi connectivity index (χ1v) is 7.09. The SMILES string of the molecule is CC(O)CCCCCOC1(C)CCC(N)CC1. The van der Waals surface area contributed by atoms with E-state index < -0.39 is 0 Å². The summed E-state index contributed by atoms with van der Waals surface area (Å²) in [5, 5.41) is 9.14. The van der Waals surface area contributed by atoms with Crippen molar-refractivity contribution in [2.75, 3.05) is 6.61 Å². The number of nitrogens with two attached hydrogens (primary N) is 1. The van der Waals surface area contributed by atoms with Gasteiger partial charge in [0.2, 0.25) is 0 Å². The zero-order valence-corrected chi connectivity index (χ0v) is 11.5. The third-order valence-electron chi connectivity index (χ3n) is 3.80. The van der Waals surface area contributed by atoms with Crippen LogP contribution < -0.4 is 5.73 Å². The van der Waals surface area contributed by atoms with Crippen molar-refractivity contribution in [1.82, 2.24) is 0 Å². The van der Waals surface area contributed by atoms with Crippen LogP contribution in [0.2, 0.25) is 0 Å². The normalized spacial score (nSPS) is 31.4. The van der Waals surface area contributed by atoms with Crippen LogP contribution in [-0.4, -0.2) is 29.5 Å². The van der Waals surface area contributed by atoms with Gasteiger partial charge in [0, 0.05) is 12.6 Å². The number of hydrogen-bond acceptors (Lipinski definition) is 3. The summed E-state index contributed by atoms with van der Waals surface area (Å²) >= 11 is 0. The molecule has 1 unspecified atom stereocenters. The second-order valence-electron chi connectivity index (χ2n) is 5.83. The minimum atomic E-state index is -0.159. The molecule has 1 rings (SSSR count). The molecule has 3 heteroatoms. The van der Waals surface area contributed by atoms with Gasteiger partial charge in [-0.3, -0.25) is 0 Å². The van der Waals surface area contributed by atoms with Gasteiger partial charge >= 0.3 is 0 Å². The Morgan fingerprint density at radius 2 is 1.94 bits per heavy atom.